The molecule has 24 heavy (non-hydrogen) atoms. The minimum atomic E-state index is 0.0452. The van der Waals surface area contributed by atoms with Gasteiger partial charge in [0.2, 0.25) is 5.91 Å². The highest BCUT2D eigenvalue weighted by Gasteiger charge is 2.24. The number of benzene rings is 2. The first-order valence-electron chi connectivity index (χ1n) is 8.70. The van der Waals surface area contributed by atoms with Gasteiger partial charge in [0.15, 0.2) is 0 Å². The largest absolute Gasteiger partial charge is 0.325 e. The second-order valence-electron chi connectivity index (χ2n) is 6.87. The van der Waals surface area contributed by atoms with Crippen LogP contribution in [0.15, 0.2) is 42.5 Å². The average molecular weight is 322 g/mol. The Morgan fingerprint density at radius 3 is 2.75 bits per heavy atom. The predicted molar refractivity (Wildman–Crippen MR) is 99.3 cm³/mol. The van der Waals surface area contributed by atoms with Crippen molar-refractivity contribution in [1.82, 2.24) is 4.90 Å². The number of amides is 1. The number of carbonyl (C=O) groups excluding carboxylic acids is 1. The smallest absolute Gasteiger partial charge is 0.238 e. The third-order valence-electron chi connectivity index (χ3n) is 5.05. The van der Waals surface area contributed by atoms with E-state index in [2.05, 4.69) is 48.3 Å². The zero-order chi connectivity index (χ0) is 17.1. The van der Waals surface area contributed by atoms with E-state index in [1.54, 1.807) is 0 Å². The monoisotopic (exact) mass is 322 g/mol. The summed E-state index contributed by atoms with van der Waals surface area (Å²) in [5, 5.41) is 3.02. The molecule has 3 heteroatoms. The van der Waals surface area contributed by atoms with Gasteiger partial charge in [0, 0.05) is 11.7 Å². The highest BCUT2D eigenvalue weighted by molar-refractivity contribution is 5.92. The van der Waals surface area contributed by atoms with Crippen LogP contribution in [0.2, 0.25) is 0 Å². The lowest BCUT2D eigenvalue weighted by Gasteiger charge is -2.32. The summed E-state index contributed by atoms with van der Waals surface area (Å²) in [6.45, 7) is 4.55. The van der Waals surface area contributed by atoms with Gasteiger partial charge in [-0.05, 0) is 74.5 Å². The molecular weight excluding hydrogens is 296 g/mol. The molecule has 0 bridgehead atoms. The minimum Gasteiger partial charge on any atom is -0.325 e. The van der Waals surface area contributed by atoms with E-state index < -0.39 is 0 Å². The highest BCUT2D eigenvalue weighted by atomic mass is 16.2. The number of fused-ring (bicyclic) bond motifs is 1. The van der Waals surface area contributed by atoms with Gasteiger partial charge in [0.1, 0.15) is 0 Å². The summed E-state index contributed by atoms with van der Waals surface area (Å²) in [4.78, 5) is 14.6. The number of anilines is 1. The molecule has 3 rings (SSSR count). The predicted octanol–water partition coefficient (Wildman–Crippen LogP) is 4.25. The van der Waals surface area contributed by atoms with E-state index in [0.29, 0.717) is 12.6 Å². The van der Waals surface area contributed by atoms with Crippen LogP contribution in [0.25, 0.3) is 0 Å². The summed E-state index contributed by atoms with van der Waals surface area (Å²) in [6.07, 6.45) is 3.45. The molecule has 0 radical (unpaired) electrons. The van der Waals surface area contributed by atoms with Crippen LogP contribution >= 0.6 is 0 Å². The van der Waals surface area contributed by atoms with Crippen molar-refractivity contribution in [3.05, 3.63) is 64.7 Å². The number of nitrogens with one attached hydrogen (secondary N) is 1. The second-order valence-corrected chi connectivity index (χ2v) is 6.87. The lowest BCUT2D eigenvalue weighted by Crippen LogP contribution is -2.34. The number of hydrogen-bond acceptors (Lipinski definition) is 2. The molecule has 126 valence electrons. The molecule has 1 aliphatic carbocycles. The molecule has 0 unspecified atom stereocenters. The van der Waals surface area contributed by atoms with Gasteiger partial charge in [-0.2, -0.15) is 0 Å². The summed E-state index contributed by atoms with van der Waals surface area (Å²) in [6, 6.07) is 15.0. The van der Waals surface area contributed by atoms with Gasteiger partial charge in [-0.25, -0.2) is 0 Å². The first kappa shape index (κ1) is 16.7. The first-order valence-corrected chi connectivity index (χ1v) is 8.70. The third kappa shape index (κ3) is 3.68. The Morgan fingerprint density at radius 1 is 1.17 bits per heavy atom. The molecule has 0 saturated carbocycles. The zero-order valence-corrected chi connectivity index (χ0v) is 14.8. The van der Waals surface area contributed by atoms with Gasteiger partial charge in [0.25, 0.3) is 0 Å². The van der Waals surface area contributed by atoms with E-state index in [-0.39, 0.29) is 5.91 Å². The van der Waals surface area contributed by atoms with Gasteiger partial charge < -0.3 is 5.32 Å². The Morgan fingerprint density at radius 2 is 1.96 bits per heavy atom. The Hall–Kier alpha value is -2.13. The quantitative estimate of drug-likeness (QED) is 0.912. The number of hydrogen-bond donors (Lipinski definition) is 1. The van der Waals surface area contributed by atoms with Gasteiger partial charge in [-0.3, -0.25) is 9.69 Å². The number of carbonyl (C=O) groups is 1. The Labute approximate surface area is 144 Å². The molecule has 0 aromatic heterocycles. The van der Waals surface area contributed by atoms with Gasteiger partial charge in [-0.1, -0.05) is 30.3 Å². The van der Waals surface area contributed by atoms with Gasteiger partial charge in [-0.15, -0.1) is 0 Å². The van der Waals surface area contributed by atoms with Crippen LogP contribution in [0.5, 0.6) is 0 Å². The van der Waals surface area contributed by atoms with E-state index in [1.165, 1.54) is 28.7 Å². The van der Waals surface area contributed by atoms with Crippen LogP contribution in [-0.2, 0) is 11.2 Å². The van der Waals surface area contributed by atoms with Gasteiger partial charge >= 0.3 is 0 Å². The molecule has 3 nitrogen and oxygen atoms in total. The van der Waals surface area contributed by atoms with Crippen molar-refractivity contribution in [2.24, 2.45) is 0 Å². The van der Waals surface area contributed by atoms with Crippen molar-refractivity contribution < 1.29 is 4.79 Å². The Kier molecular flexibility index (Phi) is 5.00. The molecule has 1 aliphatic rings. The lowest BCUT2D eigenvalue weighted by atomic mass is 9.87. The van der Waals surface area contributed by atoms with E-state index in [9.17, 15) is 4.79 Å². The lowest BCUT2D eigenvalue weighted by molar-refractivity contribution is -0.117. The topological polar surface area (TPSA) is 32.3 Å². The Balaban J connectivity index is 1.65. The van der Waals surface area contributed by atoms with Crippen LogP contribution in [0.3, 0.4) is 0 Å². The molecule has 2 aromatic carbocycles. The first-order chi connectivity index (χ1) is 11.5. The molecule has 0 aliphatic heterocycles. The van der Waals surface area contributed by atoms with Crippen LogP contribution in [0.4, 0.5) is 5.69 Å². The maximum atomic E-state index is 12.4. The van der Waals surface area contributed by atoms with Crippen LogP contribution in [0, 0.1) is 13.8 Å². The van der Waals surface area contributed by atoms with Crippen LogP contribution in [0.1, 0.15) is 41.1 Å². The summed E-state index contributed by atoms with van der Waals surface area (Å²) < 4.78 is 0. The average Bonchev–Trinajstić information content (AvgIpc) is 2.57. The number of nitrogens with zero attached hydrogens (tertiary/aromatic N) is 1. The molecular formula is C21H26N2O. The van der Waals surface area contributed by atoms with E-state index in [1.807, 2.05) is 25.2 Å². The normalized spacial score (nSPS) is 16.8. The number of likely N-dealkylation sites (N-methyl/N-ethyl adjacent to an activating group) is 1. The maximum absolute atomic E-state index is 12.4. The maximum Gasteiger partial charge on any atom is 0.238 e. The van der Waals surface area contributed by atoms with Crippen molar-refractivity contribution in [3.8, 4) is 0 Å². The molecule has 0 spiro atoms. The molecule has 1 atom stereocenters. The number of rotatable bonds is 4. The molecule has 1 N–H and O–H groups in total. The molecule has 0 saturated heterocycles. The van der Waals surface area contributed by atoms with Gasteiger partial charge in [0.05, 0.1) is 6.54 Å². The van der Waals surface area contributed by atoms with Crippen LogP contribution < -0.4 is 5.32 Å². The summed E-state index contributed by atoms with van der Waals surface area (Å²) in [5.74, 6) is 0.0452. The second kappa shape index (κ2) is 7.18. The highest BCUT2D eigenvalue weighted by Crippen LogP contribution is 2.33. The fraction of sp³-hybridized carbons (Fsp3) is 0.381. The standard InChI is InChI=1S/C21H26N2O/c1-15-11-12-18(13-16(15)2)22-21(24)14-23(3)20-10-6-8-17-7-4-5-9-19(17)20/h4-5,7,9,11-13,20H,6,8,10,14H2,1-3H3,(H,22,24)/t20-/m1/s1. The SMILES string of the molecule is Cc1ccc(NC(=O)CN(C)[C@@H]2CCCc3ccccc32)cc1C. The zero-order valence-electron chi connectivity index (χ0n) is 14.8. The number of aryl methyl sites for hydroxylation is 3. The van der Waals surface area contributed by atoms with Crippen molar-refractivity contribution in [3.63, 3.8) is 0 Å². The van der Waals surface area contributed by atoms with Crippen molar-refractivity contribution in [1.29, 1.82) is 0 Å². The fourth-order valence-corrected chi connectivity index (χ4v) is 3.54. The van der Waals surface area contributed by atoms with E-state index in [0.717, 1.165) is 18.5 Å². The van der Waals surface area contributed by atoms with Crippen molar-refractivity contribution in [2.45, 2.75) is 39.2 Å². The van der Waals surface area contributed by atoms with Crippen molar-refractivity contribution >= 4 is 11.6 Å². The van der Waals surface area contributed by atoms with Crippen molar-refractivity contribution in [2.75, 3.05) is 18.9 Å². The molecule has 1 amide bonds. The van der Waals surface area contributed by atoms with E-state index in [4.69, 9.17) is 0 Å². The molecule has 0 fully saturated rings. The summed E-state index contributed by atoms with van der Waals surface area (Å²) in [7, 11) is 2.05. The summed E-state index contributed by atoms with van der Waals surface area (Å²) in [5.41, 5.74) is 6.12. The Bertz CT molecular complexity index is 738. The molecule has 0 heterocycles. The summed E-state index contributed by atoms with van der Waals surface area (Å²) >= 11 is 0. The third-order valence-corrected chi connectivity index (χ3v) is 5.05. The van der Waals surface area contributed by atoms with E-state index >= 15 is 0 Å². The molecule has 2 aromatic rings. The van der Waals surface area contributed by atoms with Crippen LogP contribution in [-0.4, -0.2) is 24.4 Å². The fourth-order valence-electron chi connectivity index (χ4n) is 3.54. The minimum absolute atomic E-state index is 0.0452.